The Kier molecular flexibility index (Phi) is 7.76. The van der Waals surface area contributed by atoms with Gasteiger partial charge in [-0.05, 0) is 65.8 Å². The number of benzene rings is 3. The predicted molar refractivity (Wildman–Crippen MR) is 159 cm³/mol. The lowest BCUT2D eigenvalue weighted by atomic mass is 9.85. The molecule has 0 saturated carbocycles. The van der Waals surface area contributed by atoms with E-state index in [0.29, 0.717) is 24.6 Å². The van der Waals surface area contributed by atoms with Crippen LogP contribution in [-0.4, -0.2) is 33.0 Å². The number of aromatic amines is 1. The molecule has 0 aliphatic carbocycles. The van der Waals surface area contributed by atoms with Crippen molar-refractivity contribution < 1.29 is 19.1 Å². The van der Waals surface area contributed by atoms with Gasteiger partial charge < -0.3 is 20.2 Å². The zero-order valence-electron chi connectivity index (χ0n) is 23.1. The van der Waals surface area contributed by atoms with Crippen LogP contribution in [-0.2, 0) is 23.1 Å². The van der Waals surface area contributed by atoms with Crippen molar-refractivity contribution >= 4 is 39.6 Å². The lowest BCUT2D eigenvalue weighted by molar-refractivity contribution is -0.118. The predicted octanol–water partition coefficient (Wildman–Crippen LogP) is 6.10. The number of anilines is 1. The van der Waals surface area contributed by atoms with Crippen LogP contribution in [0.3, 0.4) is 0 Å². The molecule has 0 radical (unpaired) electrons. The second-order valence-corrected chi connectivity index (χ2v) is 12.2. The lowest BCUT2D eigenvalue weighted by Gasteiger charge is -2.21. The van der Waals surface area contributed by atoms with Crippen molar-refractivity contribution in [3.8, 4) is 11.5 Å². The van der Waals surface area contributed by atoms with E-state index in [1.54, 1.807) is 0 Å². The third-order valence-corrected chi connectivity index (χ3v) is 7.85. The largest absolute Gasteiger partial charge is 0.493 e. The van der Waals surface area contributed by atoms with Gasteiger partial charge >= 0.3 is 0 Å². The molecule has 1 saturated heterocycles. The maximum atomic E-state index is 11.8. The summed E-state index contributed by atoms with van der Waals surface area (Å²) in [6.07, 6.45) is 0.941. The topological polar surface area (TPSA) is 119 Å². The molecule has 1 fully saturated rings. The van der Waals surface area contributed by atoms with Crippen LogP contribution in [0.5, 0.6) is 11.5 Å². The average molecular weight is 559 g/mol. The van der Waals surface area contributed by atoms with E-state index in [2.05, 4.69) is 48.2 Å². The number of aromatic nitrogens is 2. The van der Waals surface area contributed by atoms with E-state index in [4.69, 9.17) is 15.2 Å². The minimum atomic E-state index is -0.388. The van der Waals surface area contributed by atoms with Crippen molar-refractivity contribution in [3.05, 3.63) is 83.2 Å². The molecule has 1 aliphatic heterocycles. The molecule has 0 bridgehead atoms. The maximum absolute atomic E-state index is 11.8. The zero-order valence-corrected chi connectivity index (χ0v) is 23.9. The van der Waals surface area contributed by atoms with Crippen LogP contribution in [0.1, 0.15) is 56.3 Å². The Bertz CT molecular complexity index is 1540. The van der Waals surface area contributed by atoms with Gasteiger partial charge in [0.05, 0.1) is 22.9 Å². The van der Waals surface area contributed by atoms with E-state index in [1.165, 1.54) is 0 Å². The van der Waals surface area contributed by atoms with Gasteiger partial charge in [-0.3, -0.25) is 14.9 Å². The van der Waals surface area contributed by atoms with Crippen LogP contribution in [0.15, 0.2) is 60.7 Å². The first-order valence-corrected chi connectivity index (χ1v) is 14.2. The summed E-state index contributed by atoms with van der Waals surface area (Å²) in [4.78, 5) is 31.2. The molecule has 0 spiro atoms. The molecule has 3 aromatic carbocycles. The van der Waals surface area contributed by atoms with Crippen LogP contribution >= 0.6 is 11.8 Å². The number of thioether (sulfide) groups is 1. The summed E-state index contributed by atoms with van der Waals surface area (Å²) in [5.41, 5.74) is 12.1. The Hall–Kier alpha value is -3.98. The summed E-state index contributed by atoms with van der Waals surface area (Å²) < 4.78 is 12.1. The van der Waals surface area contributed by atoms with E-state index >= 15 is 0 Å². The molecular formula is C31H34N4O4S. The fraction of sp³-hybridized carbons (Fsp3) is 0.323. The highest BCUT2D eigenvalue weighted by molar-refractivity contribution is 8.15. The van der Waals surface area contributed by atoms with Gasteiger partial charge in [0, 0.05) is 18.2 Å². The molecule has 4 N–H and O–H groups in total. The third-order valence-electron chi connectivity index (χ3n) is 6.86. The van der Waals surface area contributed by atoms with Gasteiger partial charge in [0.25, 0.3) is 5.24 Å². The van der Waals surface area contributed by atoms with Gasteiger partial charge in [-0.1, -0.05) is 56.8 Å². The fourth-order valence-corrected chi connectivity index (χ4v) is 5.59. The number of hydrogen-bond donors (Lipinski definition) is 3. The highest BCUT2D eigenvalue weighted by atomic mass is 32.2. The highest BCUT2D eigenvalue weighted by Crippen LogP contribution is 2.29. The van der Waals surface area contributed by atoms with Crippen molar-refractivity contribution in [2.24, 2.45) is 0 Å². The molecule has 2 unspecified atom stereocenters. The number of hydrogen-bond acceptors (Lipinski definition) is 7. The van der Waals surface area contributed by atoms with E-state index in [1.807, 2.05) is 55.5 Å². The normalized spacial score (nSPS) is 16.2. The van der Waals surface area contributed by atoms with Gasteiger partial charge in [0.1, 0.15) is 17.3 Å². The monoisotopic (exact) mass is 558 g/mol. The summed E-state index contributed by atoms with van der Waals surface area (Å²) >= 11 is 1.03. The number of carbonyl (C=O) groups excluding carboxylic acids is 2. The number of nitrogens with one attached hydrogen (secondary N) is 2. The Labute approximate surface area is 238 Å². The summed E-state index contributed by atoms with van der Waals surface area (Å²) in [6.45, 7) is 8.96. The number of imide groups is 1. The number of amides is 2. The van der Waals surface area contributed by atoms with Crippen molar-refractivity contribution in [2.75, 3.05) is 12.3 Å². The number of carbonyl (C=O) groups is 2. The lowest BCUT2D eigenvalue weighted by Crippen LogP contribution is -2.25. The van der Waals surface area contributed by atoms with Gasteiger partial charge in [-0.15, -0.1) is 0 Å². The molecule has 9 heteroatoms. The van der Waals surface area contributed by atoms with Crippen LogP contribution in [0.25, 0.3) is 11.0 Å². The SMILES string of the molecule is CC(Oc1ccc(CC2SC(=O)NC2=O)cc1)c1nc2ccc(OCCc3ccc(C(C)(C)C)c(N)c3)cc2[nH]1. The summed E-state index contributed by atoms with van der Waals surface area (Å²) in [7, 11) is 0. The van der Waals surface area contributed by atoms with E-state index in [0.717, 1.165) is 57.3 Å². The Morgan fingerprint density at radius 3 is 2.40 bits per heavy atom. The summed E-state index contributed by atoms with van der Waals surface area (Å²) in [5, 5.41) is 1.64. The van der Waals surface area contributed by atoms with Crippen molar-refractivity contribution in [3.63, 3.8) is 0 Å². The molecule has 2 heterocycles. The maximum Gasteiger partial charge on any atom is 0.286 e. The summed E-state index contributed by atoms with van der Waals surface area (Å²) in [6, 6.07) is 19.6. The number of ether oxygens (including phenoxy) is 2. The smallest absolute Gasteiger partial charge is 0.286 e. The highest BCUT2D eigenvalue weighted by Gasteiger charge is 2.31. The van der Waals surface area contributed by atoms with Crippen LogP contribution in [0, 0.1) is 0 Å². The molecule has 40 heavy (non-hydrogen) atoms. The van der Waals surface area contributed by atoms with Crippen molar-refractivity contribution in [1.82, 2.24) is 15.3 Å². The molecule has 2 amide bonds. The number of nitrogens with zero attached hydrogens (tertiary/aromatic N) is 1. The van der Waals surface area contributed by atoms with E-state index in [-0.39, 0.29) is 27.9 Å². The fourth-order valence-electron chi connectivity index (χ4n) is 4.73. The molecular weight excluding hydrogens is 524 g/mol. The van der Waals surface area contributed by atoms with Gasteiger partial charge in [0.2, 0.25) is 5.91 Å². The number of rotatable bonds is 9. The zero-order chi connectivity index (χ0) is 28.4. The number of H-pyrrole nitrogens is 1. The Balaban J connectivity index is 1.16. The van der Waals surface area contributed by atoms with Gasteiger partial charge in [-0.25, -0.2) is 4.98 Å². The minimum absolute atomic E-state index is 0.0168. The standard InChI is InChI=1S/C31H34N4O4S/c1-18(39-21-8-5-19(6-9-21)16-27-29(36)35-30(37)40-27)28-33-25-12-10-22(17-26(25)34-28)38-14-13-20-7-11-23(24(32)15-20)31(2,3)4/h5-12,15,17-18,27H,13-14,16,32H2,1-4H3,(H,33,34)(H,35,36,37). The van der Waals surface area contributed by atoms with E-state index < -0.39 is 0 Å². The number of imidazole rings is 1. The third kappa shape index (κ3) is 6.42. The molecule has 1 aliphatic rings. The number of fused-ring (bicyclic) bond motifs is 1. The Morgan fingerprint density at radius 2 is 1.73 bits per heavy atom. The number of nitrogen functional groups attached to an aromatic ring is 1. The molecule has 1 aromatic heterocycles. The van der Waals surface area contributed by atoms with Crippen LogP contribution in [0.2, 0.25) is 0 Å². The molecule has 8 nitrogen and oxygen atoms in total. The van der Waals surface area contributed by atoms with Gasteiger partial charge in [-0.2, -0.15) is 0 Å². The van der Waals surface area contributed by atoms with Gasteiger partial charge in [0.15, 0.2) is 6.10 Å². The first kappa shape index (κ1) is 27.6. The number of nitrogens with two attached hydrogens (primary N) is 1. The molecule has 4 aromatic rings. The van der Waals surface area contributed by atoms with Crippen molar-refractivity contribution in [2.45, 2.75) is 57.3 Å². The van der Waals surface area contributed by atoms with E-state index in [9.17, 15) is 9.59 Å². The quantitative estimate of drug-likeness (QED) is 0.212. The van der Waals surface area contributed by atoms with Crippen LogP contribution < -0.4 is 20.5 Å². The van der Waals surface area contributed by atoms with Crippen LogP contribution in [0.4, 0.5) is 10.5 Å². The minimum Gasteiger partial charge on any atom is -0.493 e. The second-order valence-electron chi connectivity index (χ2n) is 11.1. The Morgan fingerprint density at radius 1 is 1.00 bits per heavy atom. The second kappa shape index (κ2) is 11.3. The summed E-state index contributed by atoms with van der Waals surface area (Å²) in [5.74, 6) is 1.93. The molecule has 2 atom stereocenters. The molecule has 208 valence electrons. The average Bonchev–Trinajstić information content (AvgIpc) is 3.46. The van der Waals surface area contributed by atoms with Crippen molar-refractivity contribution in [1.29, 1.82) is 0 Å². The molecule has 5 rings (SSSR count). The first-order valence-electron chi connectivity index (χ1n) is 13.3. The first-order chi connectivity index (χ1) is 19.0.